The summed E-state index contributed by atoms with van der Waals surface area (Å²) in [6.07, 6.45) is 5.08. The van der Waals surface area contributed by atoms with Gasteiger partial charge in [0.2, 0.25) is 0 Å². The average Bonchev–Trinajstić information content (AvgIpc) is 2.70. The minimum Gasteiger partial charge on any atom is -0.351 e. The fraction of sp³-hybridized carbons (Fsp3) is 0.562. The Labute approximate surface area is 120 Å². The van der Waals surface area contributed by atoms with E-state index >= 15 is 0 Å². The van der Waals surface area contributed by atoms with Gasteiger partial charge in [-0.25, -0.2) is 4.39 Å². The number of aryl methyl sites for hydroxylation is 1. The molecule has 0 saturated carbocycles. The summed E-state index contributed by atoms with van der Waals surface area (Å²) in [7, 11) is 0. The molecule has 0 bridgehead atoms. The van der Waals surface area contributed by atoms with Gasteiger partial charge in [0.05, 0.1) is 5.56 Å². The molecule has 1 saturated heterocycles. The highest BCUT2D eigenvalue weighted by atomic mass is 19.1. The quantitative estimate of drug-likeness (QED) is 0.918. The van der Waals surface area contributed by atoms with Crippen LogP contribution in [0.3, 0.4) is 0 Å². The normalized spacial score (nSPS) is 16.7. The van der Waals surface area contributed by atoms with E-state index in [0.29, 0.717) is 6.54 Å². The fourth-order valence-electron chi connectivity index (χ4n) is 2.60. The summed E-state index contributed by atoms with van der Waals surface area (Å²) in [5.74, 6) is -0.774. The highest BCUT2D eigenvalue weighted by molar-refractivity contribution is 5.94. The van der Waals surface area contributed by atoms with Crippen LogP contribution in [0.25, 0.3) is 0 Å². The molecule has 1 aromatic rings. The number of carbonyl (C=O) groups excluding carboxylic acids is 1. The Morgan fingerprint density at radius 3 is 2.65 bits per heavy atom. The van der Waals surface area contributed by atoms with E-state index < -0.39 is 5.82 Å². The first-order valence-corrected chi connectivity index (χ1v) is 7.43. The van der Waals surface area contributed by atoms with Gasteiger partial charge < -0.3 is 10.2 Å². The molecule has 1 aromatic carbocycles. The zero-order chi connectivity index (χ0) is 14.4. The average molecular weight is 278 g/mol. The largest absolute Gasteiger partial charge is 0.351 e. The molecule has 0 aromatic heterocycles. The Morgan fingerprint density at radius 1 is 1.25 bits per heavy atom. The predicted octanol–water partition coefficient (Wildman–Crippen LogP) is 2.74. The lowest BCUT2D eigenvalue weighted by Crippen LogP contribution is -2.35. The van der Waals surface area contributed by atoms with E-state index in [2.05, 4.69) is 10.2 Å². The molecule has 4 heteroatoms. The topological polar surface area (TPSA) is 32.3 Å². The van der Waals surface area contributed by atoms with Crippen LogP contribution in [0.2, 0.25) is 0 Å². The van der Waals surface area contributed by atoms with Gasteiger partial charge in [-0.05, 0) is 45.0 Å². The van der Waals surface area contributed by atoms with Crippen LogP contribution >= 0.6 is 0 Å². The Morgan fingerprint density at radius 2 is 1.95 bits per heavy atom. The Bertz CT molecular complexity index is 454. The lowest BCUT2D eigenvalue weighted by atomic mass is 10.1. The molecule has 0 atom stereocenters. The van der Waals surface area contributed by atoms with Crippen LogP contribution in [0.15, 0.2) is 18.2 Å². The lowest BCUT2D eigenvalue weighted by molar-refractivity contribution is 0.0944. The zero-order valence-electron chi connectivity index (χ0n) is 12.1. The molecule has 1 aliphatic rings. The molecule has 3 nitrogen and oxygen atoms in total. The van der Waals surface area contributed by atoms with Crippen LogP contribution < -0.4 is 5.32 Å². The second-order valence-corrected chi connectivity index (χ2v) is 5.50. The van der Waals surface area contributed by atoms with Crippen LogP contribution in [0.4, 0.5) is 4.39 Å². The third-order valence-corrected chi connectivity index (χ3v) is 3.78. The van der Waals surface area contributed by atoms with Crippen molar-refractivity contribution in [3.8, 4) is 0 Å². The smallest absolute Gasteiger partial charge is 0.254 e. The van der Waals surface area contributed by atoms with Crippen LogP contribution in [0.1, 0.15) is 41.6 Å². The molecular formula is C16H23FN2O. The fourth-order valence-corrected chi connectivity index (χ4v) is 2.60. The summed E-state index contributed by atoms with van der Waals surface area (Å²) < 4.78 is 13.6. The number of nitrogens with zero attached hydrogens (tertiary/aromatic N) is 1. The van der Waals surface area contributed by atoms with E-state index in [1.807, 2.05) is 6.92 Å². The second kappa shape index (κ2) is 7.39. The summed E-state index contributed by atoms with van der Waals surface area (Å²) in [5.41, 5.74) is 1.03. The SMILES string of the molecule is Cc1ccc(F)c(C(=O)NCCN2CCCCCC2)c1. The highest BCUT2D eigenvalue weighted by Crippen LogP contribution is 2.10. The standard InChI is InChI=1S/C16H23FN2O/c1-13-6-7-15(17)14(12-13)16(20)18-8-11-19-9-4-2-3-5-10-19/h6-7,12H,2-5,8-11H2,1H3,(H,18,20). The van der Waals surface area contributed by atoms with Gasteiger partial charge in [-0.3, -0.25) is 4.79 Å². The molecule has 20 heavy (non-hydrogen) atoms. The van der Waals surface area contributed by atoms with Crippen molar-refractivity contribution in [1.29, 1.82) is 0 Å². The highest BCUT2D eigenvalue weighted by Gasteiger charge is 2.13. The third kappa shape index (κ3) is 4.30. The van der Waals surface area contributed by atoms with Crippen molar-refractivity contribution in [2.75, 3.05) is 26.2 Å². The maximum absolute atomic E-state index is 13.6. The lowest BCUT2D eigenvalue weighted by Gasteiger charge is -2.19. The molecule has 1 heterocycles. The Hall–Kier alpha value is -1.42. The molecular weight excluding hydrogens is 255 g/mol. The molecule has 0 spiro atoms. The number of benzene rings is 1. The number of halogens is 1. The van der Waals surface area contributed by atoms with Crippen molar-refractivity contribution < 1.29 is 9.18 Å². The molecule has 2 rings (SSSR count). The summed E-state index contributed by atoms with van der Waals surface area (Å²) in [6, 6.07) is 4.61. The van der Waals surface area contributed by atoms with Gasteiger partial charge in [-0.2, -0.15) is 0 Å². The number of likely N-dealkylation sites (tertiary alicyclic amines) is 1. The molecule has 1 N–H and O–H groups in total. The maximum atomic E-state index is 13.6. The molecule has 0 unspecified atom stereocenters. The van der Waals surface area contributed by atoms with Crippen LogP contribution in [0.5, 0.6) is 0 Å². The van der Waals surface area contributed by atoms with Crippen molar-refractivity contribution in [2.45, 2.75) is 32.6 Å². The summed E-state index contributed by atoms with van der Waals surface area (Å²) >= 11 is 0. The number of hydrogen-bond donors (Lipinski definition) is 1. The minimum atomic E-state index is -0.456. The maximum Gasteiger partial charge on any atom is 0.254 e. The van der Waals surface area contributed by atoms with E-state index in [-0.39, 0.29) is 11.5 Å². The van der Waals surface area contributed by atoms with E-state index in [9.17, 15) is 9.18 Å². The molecule has 1 amide bonds. The predicted molar refractivity (Wildman–Crippen MR) is 78.4 cm³/mol. The number of carbonyl (C=O) groups is 1. The number of rotatable bonds is 4. The van der Waals surface area contributed by atoms with Crippen molar-refractivity contribution in [2.24, 2.45) is 0 Å². The van der Waals surface area contributed by atoms with Crippen molar-refractivity contribution in [1.82, 2.24) is 10.2 Å². The van der Waals surface area contributed by atoms with Gasteiger partial charge in [0.25, 0.3) is 5.91 Å². The molecule has 110 valence electrons. The van der Waals surface area contributed by atoms with Gasteiger partial charge >= 0.3 is 0 Å². The summed E-state index contributed by atoms with van der Waals surface area (Å²) in [5, 5.41) is 2.81. The van der Waals surface area contributed by atoms with E-state index in [1.165, 1.54) is 31.7 Å². The first kappa shape index (κ1) is 15.0. The van der Waals surface area contributed by atoms with Crippen molar-refractivity contribution in [3.63, 3.8) is 0 Å². The van der Waals surface area contributed by atoms with Crippen LogP contribution in [-0.2, 0) is 0 Å². The number of amides is 1. The van der Waals surface area contributed by atoms with E-state index in [4.69, 9.17) is 0 Å². The molecule has 0 aliphatic carbocycles. The van der Waals surface area contributed by atoms with Crippen LogP contribution in [-0.4, -0.2) is 37.0 Å². The molecule has 0 radical (unpaired) electrons. The molecule has 1 aliphatic heterocycles. The molecule has 1 fully saturated rings. The number of nitrogens with one attached hydrogen (secondary N) is 1. The Balaban J connectivity index is 1.81. The zero-order valence-corrected chi connectivity index (χ0v) is 12.1. The van der Waals surface area contributed by atoms with Gasteiger partial charge in [-0.1, -0.05) is 24.5 Å². The van der Waals surface area contributed by atoms with Crippen molar-refractivity contribution in [3.05, 3.63) is 35.1 Å². The summed E-state index contributed by atoms with van der Waals surface area (Å²) in [4.78, 5) is 14.3. The van der Waals surface area contributed by atoms with E-state index in [1.54, 1.807) is 12.1 Å². The van der Waals surface area contributed by atoms with Crippen LogP contribution in [0, 0.1) is 12.7 Å². The monoisotopic (exact) mass is 278 g/mol. The first-order valence-electron chi connectivity index (χ1n) is 7.43. The number of hydrogen-bond acceptors (Lipinski definition) is 2. The summed E-state index contributed by atoms with van der Waals surface area (Å²) in [6.45, 7) is 5.49. The van der Waals surface area contributed by atoms with Gasteiger partial charge in [0.15, 0.2) is 0 Å². The minimum absolute atomic E-state index is 0.140. The first-order chi connectivity index (χ1) is 9.66. The Kier molecular flexibility index (Phi) is 5.53. The van der Waals surface area contributed by atoms with Gasteiger partial charge in [-0.15, -0.1) is 0 Å². The van der Waals surface area contributed by atoms with Gasteiger partial charge in [0, 0.05) is 13.1 Å². The second-order valence-electron chi connectivity index (χ2n) is 5.50. The van der Waals surface area contributed by atoms with Gasteiger partial charge in [0.1, 0.15) is 5.82 Å². The van der Waals surface area contributed by atoms with E-state index in [0.717, 1.165) is 25.2 Å². The van der Waals surface area contributed by atoms with Crippen molar-refractivity contribution >= 4 is 5.91 Å². The third-order valence-electron chi connectivity index (χ3n) is 3.78.